The van der Waals surface area contributed by atoms with Gasteiger partial charge in [-0.15, -0.1) is 0 Å². The van der Waals surface area contributed by atoms with Crippen molar-refractivity contribution in [2.24, 2.45) is 0 Å². The fourth-order valence-corrected chi connectivity index (χ4v) is 3.47. The number of carbonyl (C=O) groups is 1. The maximum atomic E-state index is 12.0. The van der Waals surface area contributed by atoms with Gasteiger partial charge in [0, 0.05) is 12.2 Å². The van der Waals surface area contributed by atoms with Crippen molar-refractivity contribution in [3.8, 4) is 0 Å². The Morgan fingerprint density at radius 3 is 2.75 bits per heavy atom. The predicted octanol–water partition coefficient (Wildman–Crippen LogP) is 0.362. The highest BCUT2D eigenvalue weighted by molar-refractivity contribution is 7.89. The molecule has 0 fully saturated rings. The second kappa shape index (κ2) is 3.48. The van der Waals surface area contributed by atoms with Crippen molar-refractivity contribution in [3.05, 3.63) is 23.8 Å². The molecule has 0 aliphatic carbocycles. The minimum Gasteiger partial charge on any atom is -0.399 e. The quantitative estimate of drug-likeness (QED) is 0.719. The Balaban J connectivity index is 2.68. The van der Waals surface area contributed by atoms with Crippen molar-refractivity contribution >= 4 is 21.6 Å². The molecular formula is C10H12N2O3S. The van der Waals surface area contributed by atoms with Gasteiger partial charge in [0.1, 0.15) is 0 Å². The summed E-state index contributed by atoms with van der Waals surface area (Å²) < 4.78 is 25.0. The van der Waals surface area contributed by atoms with Gasteiger partial charge in [0.15, 0.2) is 0 Å². The molecule has 0 saturated carbocycles. The summed E-state index contributed by atoms with van der Waals surface area (Å²) in [6, 6.07) is 4.59. The normalized spacial score (nSPS) is 18.3. The van der Waals surface area contributed by atoms with Gasteiger partial charge in [0.25, 0.3) is 10.0 Å². The molecule has 2 rings (SSSR count). The number of fused-ring (bicyclic) bond motifs is 1. The van der Waals surface area contributed by atoms with Gasteiger partial charge in [-0.3, -0.25) is 4.79 Å². The molecule has 0 unspecified atom stereocenters. The van der Waals surface area contributed by atoms with E-state index in [1.165, 1.54) is 6.07 Å². The molecule has 1 aliphatic rings. The van der Waals surface area contributed by atoms with Crippen molar-refractivity contribution in [2.45, 2.75) is 18.2 Å². The highest BCUT2D eigenvalue weighted by Crippen LogP contribution is 2.28. The third kappa shape index (κ3) is 1.46. The van der Waals surface area contributed by atoms with Crippen LogP contribution in [0.1, 0.15) is 12.5 Å². The van der Waals surface area contributed by atoms with Crippen molar-refractivity contribution in [2.75, 3.05) is 12.3 Å². The van der Waals surface area contributed by atoms with Gasteiger partial charge in [-0.05, 0) is 24.6 Å². The van der Waals surface area contributed by atoms with Crippen LogP contribution in [0, 0.1) is 0 Å². The second-order valence-electron chi connectivity index (χ2n) is 3.61. The number of likely N-dealkylation sites (N-methyl/N-ethyl adjacent to an activating group) is 1. The van der Waals surface area contributed by atoms with E-state index in [2.05, 4.69) is 0 Å². The Labute approximate surface area is 93.9 Å². The molecule has 0 atom stereocenters. The van der Waals surface area contributed by atoms with Gasteiger partial charge >= 0.3 is 0 Å². The zero-order valence-corrected chi connectivity index (χ0v) is 9.62. The highest BCUT2D eigenvalue weighted by atomic mass is 32.2. The maximum Gasteiger partial charge on any atom is 0.266 e. The minimum atomic E-state index is -3.70. The van der Waals surface area contributed by atoms with E-state index >= 15 is 0 Å². The largest absolute Gasteiger partial charge is 0.399 e. The van der Waals surface area contributed by atoms with Crippen LogP contribution in [0.25, 0.3) is 0 Å². The van der Waals surface area contributed by atoms with Gasteiger partial charge in [0.05, 0.1) is 11.3 Å². The summed E-state index contributed by atoms with van der Waals surface area (Å²) in [7, 11) is -3.70. The predicted molar refractivity (Wildman–Crippen MR) is 59.1 cm³/mol. The monoisotopic (exact) mass is 240 g/mol. The average molecular weight is 240 g/mol. The van der Waals surface area contributed by atoms with Crippen molar-refractivity contribution in [1.82, 2.24) is 4.31 Å². The van der Waals surface area contributed by atoms with Gasteiger partial charge in [-0.2, -0.15) is 0 Å². The van der Waals surface area contributed by atoms with E-state index in [-0.39, 0.29) is 23.8 Å². The van der Waals surface area contributed by atoms with E-state index in [1.807, 2.05) is 0 Å². The molecule has 2 N–H and O–H groups in total. The molecule has 1 aliphatic heterocycles. The lowest BCUT2D eigenvalue weighted by atomic mass is 10.1. The first-order chi connectivity index (χ1) is 7.46. The number of amides is 1. The van der Waals surface area contributed by atoms with E-state index in [9.17, 15) is 13.2 Å². The standard InChI is InChI=1S/C10H12N2O3S/c1-2-12-10(13)5-7-3-4-8(11)6-9(7)16(12,14)15/h3-4,6H,2,5,11H2,1H3. The van der Waals surface area contributed by atoms with Crippen LogP contribution in [0.15, 0.2) is 23.1 Å². The number of carbonyl (C=O) groups excluding carboxylic acids is 1. The molecule has 1 aromatic carbocycles. The van der Waals surface area contributed by atoms with Crippen molar-refractivity contribution in [1.29, 1.82) is 0 Å². The topological polar surface area (TPSA) is 80.5 Å². The molecular weight excluding hydrogens is 228 g/mol. The molecule has 0 saturated heterocycles. The molecule has 0 radical (unpaired) electrons. The van der Waals surface area contributed by atoms with Gasteiger partial charge in [-0.25, -0.2) is 12.7 Å². The Morgan fingerprint density at radius 1 is 1.44 bits per heavy atom. The molecule has 0 bridgehead atoms. The van der Waals surface area contributed by atoms with Crippen LogP contribution in [-0.2, 0) is 21.2 Å². The lowest BCUT2D eigenvalue weighted by Crippen LogP contribution is -2.41. The number of hydrogen-bond acceptors (Lipinski definition) is 4. The summed E-state index contributed by atoms with van der Waals surface area (Å²) in [6.45, 7) is 1.78. The van der Waals surface area contributed by atoms with Crippen LogP contribution in [-0.4, -0.2) is 25.2 Å². The van der Waals surface area contributed by atoms with Crippen LogP contribution < -0.4 is 5.73 Å². The molecule has 1 amide bonds. The number of sulfonamides is 1. The third-order valence-corrected chi connectivity index (χ3v) is 4.54. The number of nitrogen functional groups attached to an aromatic ring is 1. The fourth-order valence-electron chi connectivity index (χ4n) is 1.81. The van der Waals surface area contributed by atoms with Crippen molar-refractivity contribution in [3.63, 3.8) is 0 Å². The molecule has 1 aromatic rings. The molecule has 5 nitrogen and oxygen atoms in total. The van der Waals surface area contributed by atoms with Crippen LogP contribution in [0.5, 0.6) is 0 Å². The molecule has 16 heavy (non-hydrogen) atoms. The highest BCUT2D eigenvalue weighted by Gasteiger charge is 2.35. The average Bonchev–Trinajstić information content (AvgIpc) is 2.19. The lowest BCUT2D eigenvalue weighted by molar-refractivity contribution is -0.126. The van der Waals surface area contributed by atoms with Crippen LogP contribution in [0.3, 0.4) is 0 Å². The number of nitrogens with zero attached hydrogens (tertiary/aromatic N) is 1. The first-order valence-electron chi connectivity index (χ1n) is 4.90. The summed E-state index contributed by atoms with van der Waals surface area (Å²) in [5, 5.41) is 0. The Kier molecular flexibility index (Phi) is 2.38. The van der Waals surface area contributed by atoms with Gasteiger partial charge in [-0.1, -0.05) is 6.07 Å². The van der Waals surface area contributed by atoms with Gasteiger partial charge in [0.2, 0.25) is 5.91 Å². The number of rotatable bonds is 1. The molecule has 6 heteroatoms. The van der Waals surface area contributed by atoms with Crippen molar-refractivity contribution < 1.29 is 13.2 Å². The zero-order chi connectivity index (χ0) is 11.9. The Bertz CT molecular complexity index is 551. The third-order valence-electron chi connectivity index (χ3n) is 2.57. The second-order valence-corrected chi connectivity index (χ2v) is 5.44. The summed E-state index contributed by atoms with van der Waals surface area (Å²) in [5.74, 6) is -0.389. The summed E-state index contributed by atoms with van der Waals surface area (Å²) >= 11 is 0. The van der Waals surface area contributed by atoms with Crippen LogP contribution in [0.4, 0.5) is 5.69 Å². The molecule has 1 heterocycles. The first-order valence-corrected chi connectivity index (χ1v) is 6.34. The Morgan fingerprint density at radius 2 is 2.12 bits per heavy atom. The van der Waals surface area contributed by atoms with E-state index in [1.54, 1.807) is 19.1 Å². The number of nitrogens with two attached hydrogens (primary N) is 1. The van der Waals surface area contributed by atoms with Gasteiger partial charge < -0.3 is 5.73 Å². The SMILES string of the molecule is CCN1C(=O)Cc2ccc(N)cc2S1(=O)=O. The smallest absolute Gasteiger partial charge is 0.266 e. The van der Waals surface area contributed by atoms with E-state index in [0.29, 0.717) is 11.3 Å². The fraction of sp³-hybridized carbons (Fsp3) is 0.300. The zero-order valence-electron chi connectivity index (χ0n) is 8.80. The molecule has 0 spiro atoms. The van der Waals surface area contributed by atoms with Crippen LogP contribution in [0.2, 0.25) is 0 Å². The minimum absolute atomic E-state index is 0.114. The number of benzene rings is 1. The van der Waals surface area contributed by atoms with E-state index < -0.39 is 10.0 Å². The molecule has 86 valence electrons. The maximum absolute atomic E-state index is 12.0. The van der Waals surface area contributed by atoms with Crippen LogP contribution >= 0.6 is 0 Å². The van der Waals surface area contributed by atoms with E-state index in [0.717, 1.165) is 4.31 Å². The Hall–Kier alpha value is -1.56. The van der Waals surface area contributed by atoms with E-state index in [4.69, 9.17) is 5.73 Å². The molecule has 0 aromatic heterocycles. The number of hydrogen-bond donors (Lipinski definition) is 1. The number of anilines is 1. The summed E-state index contributed by atoms with van der Waals surface area (Å²) in [4.78, 5) is 11.8. The summed E-state index contributed by atoms with van der Waals surface area (Å²) in [5.41, 5.74) is 6.46. The summed E-state index contributed by atoms with van der Waals surface area (Å²) in [6.07, 6.45) is 0.114. The first kappa shape index (κ1) is 10.9. The lowest BCUT2D eigenvalue weighted by Gasteiger charge is -2.27.